The molecule has 104 valence electrons. The van der Waals surface area contributed by atoms with E-state index in [0.717, 1.165) is 0 Å². The summed E-state index contributed by atoms with van der Waals surface area (Å²) in [5, 5.41) is 0. The highest BCUT2D eigenvalue weighted by Gasteiger charge is 2.39. The van der Waals surface area contributed by atoms with Crippen molar-refractivity contribution in [2.24, 2.45) is 5.92 Å². The molecule has 0 heterocycles. The van der Waals surface area contributed by atoms with Crippen molar-refractivity contribution in [3.05, 3.63) is 0 Å². The first kappa shape index (κ1) is 16.7. The second-order valence-corrected chi connectivity index (χ2v) is 4.53. The van der Waals surface area contributed by atoms with Gasteiger partial charge in [0.15, 0.2) is 0 Å². The van der Waals surface area contributed by atoms with Crippen LogP contribution >= 0.6 is 7.82 Å². The molecule has 17 heavy (non-hydrogen) atoms. The Morgan fingerprint density at radius 3 is 1.59 bits per heavy atom. The molecule has 0 bridgehead atoms. The molecule has 0 aliphatic rings. The van der Waals surface area contributed by atoms with Gasteiger partial charge >= 0.3 is 20.2 Å². The zero-order valence-corrected chi connectivity index (χ0v) is 9.02. The van der Waals surface area contributed by atoms with Crippen molar-refractivity contribution in [2.75, 3.05) is 6.61 Å². The number of phosphoric ester groups is 1. The van der Waals surface area contributed by atoms with E-state index in [2.05, 4.69) is 4.52 Å². The average molecular weight is 290 g/mol. The zero-order chi connectivity index (χ0) is 13.9. The van der Waals surface area contributed by atoms with Crippen LogP contribution in [0.4, 0.5) is 26.3 Å². The Hall–Kier alpha value is -0.310. The van der Waals surface area contributed by atoms with Crippen LogP contribution in [0.5, 0.6) is 0 Å². The lowest BCUT2D eigenvalue weighted by atomic mass is 10.0. The lowest BCUT2D eigenvalue weighted by Gasteiger charge is -2.20. The normalized spacial score (nSPS) is 14.4. The van der Waals surface area contributed by atoms with Gasteiger partial charge in [-0.3, -0.25) is 4.52 Å². The smallest absolute Gasteiger partial charge is 0.303 e. The predicted octanol–water partition coefficient (Wildman–Crippen LogP) is 2.62. The largest absolute Gasteiger partial charge is 0.469 e. The number of rotatable bonds is 5. The molecule has 0 radical (unpaired) electrons. The maximum absolute atomic E-state index is 11.9. The van der Waals surface area contributed by atoms with E-state index in [9.17, 15) is 30.9 Å². The third kappa shape index (κ3) is 11.9. The van der Waals surface area contributed by atoms with E-state index in [1.54, 1.807) is 0 Å². The Labute approximate surface area is 91.8 Å². The highest BCUT2D eigenvalue weighted by Crippen LogP contribution is 2.39. The van der Waals surface area contributed by atoms with Crippen LogP contribution in [0.2, 0.25) is 0 Å². The fourth-order valence-corrected chi connectivity index (χ4v) is 1.45. The van der Waals surface area contributed by atoms with Crippen molar-refractivity contribution < 1.29 is 45.2 Å². The first-order valence-electron chi connectivity index (χ1n) is 4.12. The molecular weight excluding hydrogens is 281 g/mol. The molecule has 0 saturated carbocycles. The van der Waals surface area contributed by atoms with Crippen LogP contribution in [-0.2, 0) is 9.09 Å². The molecule has 0 aromatic heterocycles. The van der Waals surface area contributed by atoms with Crippen LogP contribution in [-0.4, -0.2) is 28.7 Å². The molecule has 0 spiro atoms. The Morgan fingerprint density at radius 1 is 1.00 bits per heavy atom. The Morgan fingerprint density at radius 2 is 1.35 bits per heavy atom. The van der Waals surface area contributed by atoms with Crippen LogP contribution in [0.25, 0.3) is 0 Å². The van der Waals surface area contributed by atoms with Crippen molar-refractivity contribution in [1.82, 2.24) is 0 Å². The summed E-state index contributed by atoms with van der Waals surface area (Å²) in [5.74, 6) is -2.08. The Bertz CT molecular complexity index is 265. The number of phosphoric acid groups is 1. The summed E-state index contributed by atoms with van der Waals surface area (Å²) in [4.78, 5) is 16.4. The maximum Gasteiger partial charge on any atom is 0.469 e. The van der Waals surface area contributed by atoms with Gasteiger partial charge in [-0.05, 0) is 0 Å². The second kappa shape index (κ2) is 5.55. The number of hydrogen-bond acceptors (Lipinski definition) is 2. The number of alkyl halides is 6. The molecule has 0 aliphatic carbocycles. The van der Waals surface area contributed by atoms with Gasteiger partial charge in [0, 0.05) is 18.8 Å². The fraction of sp³-hybridized carbons (Fsp3) is 1.00. The van der Waals surface area contributed by atoms with Crippen LogP contribution in [0, 0.1) is 5.92 Å². The summed E-state index contributed by atoms with van der Waals surface area (Å²) in [7, 11) is -5.09. The minimum absolute atomic E-state index is 1.32. The van der Waals surface area contributed by atoms with Crippen LogP contribution < -0.4 is 0 Å². The topological polar surface area (TPSA) is 66.8 Å². The Balaban J connectivity index is 4.47. The van der Waals surface area contributed by atoms with Crippen molar-refractivity contribution in [3.63, 3.8) is 0 Å². The van der Waals surface area contributed by atoms with E-state index in [-0.39, 0.29) is 0 Å². The SMILES string of the molecule is O=P(O)(O)OCC(CC(F)(F)F)CC(F)(F)F. The molecule has 0 amide bonds. The lowest BCUT2D eigenvalue weighted by Crippen LogP contribution is -2.24. The third-order valence-electron chi connectivity index (χ3n) is 1.52. The van der Waals surface area contributed by atoms with Crippen molar-refractivity contribution in [2.45, 2.75) is 25.2 Å². The van der Waals surface area contributed by atoms with Crippen molar-refractivity contribution in [1.29, 1.82) is 0 Å². The van der Waals surface area contributed by atoms with E-state index < -0.39 is 45.5 Å². The molecular formula is C6H9F6O4P. The first-order chi connectivity index (χ1) is 7.29. The quantitative estimate of drug-likeness (QED) is 0.603. The standard InChI is InChI=1S/C6H9F6O4P/c7-5(8,9)1-4(2-6(10,11)12)3-16-17(13,14)15/h4H,1-3H2,(H2,13,14,15). The average Bonchev–Trinajstić information content (AvgIpc) is 1.92. The highest BCUT2D eigenvalue weighted by molar-refractivity contribution is 7.46. The van der Waals surface area contributed by atoms with Gasteiger partial charge in [0.1, 0.15) is 0 Å². The summed E-state index contributed by atoms with van der Waals surface area (Å²) in [5.41, 5.74) is 0. The van der Waals surface area contributed by atoms with Gasteiger partial charge in [-0.2, -0.15) is 26.3 Å². The second-order valence-electron chi connectivity index (χ2n) is 3.29. The van der Waals surface area contributed by atoms with Gasteiger partial charge in [0.2, 0.25) is 0 Å². The molecule has 0 saturated heterocycles. The molecule has 4 nitrogen and oxygen atoms in total. The van der Waals surface area contributed by atoms with Gasteiger partial charge in [-0.25, -0.2) is 4.57 Å². The summed E-state index contributed by atoms with van der Waals surface area (Å²) >= 11 is 0. The van der Waals surface area contributed by atoms with E-state index in [1.165, 1.54) is 0 Å². The predicted molar refractivity (Wildman–Crippen MR) is 42.8 cm³/mol. The van der Waals surface area contributed by atoms with E-state index >= 15 is 0 Å². The van der Waals surface area contributed by atoms with Crippen LogP contribution in [0.15, 0.2) is 0 Å². The first-order valence-corrected chi connectivity index (χ1v) is 5.65. The zero-order valence-electron chi connectivity index (χ0n) is 8.12. The van der Waals surface area contributed by atoms with E-state index in [0.29, 0.717) is 0 Å². The van der Waals surface area contributed by atoms with Gasteiger partial charge < -0.3 is 9.79 Å². The summed E-state index contributed by atoms with van der Waals surface area (Å²) < 4.78 is 85.1. The molecule has 0 unspecified atom stereocenters. The number of hydrogen-bond donors (Lipinski definition) is 2. The van der Waals surface area contributed by atoms with Crippen LogP contribution in [0.3, 0.4) is 0 Å². The molecule has 0 fully saturated rings. The third-order valence-corrected chi connectivity index (χ3v) is 2.00. The van der Waals surface area contributed by atoms with Crippen molar-refractivity contribution in [3.8, 4) is 0 Å². The Kier molecular flexibility index (Phi) is 5.45. The molecule has 0 rings (SSSR count). The molecule has 0 aromatic carbocycles. The van der Waals surface area contributed by atoms with E-state index in [1.807, 2.05) is 0 Å². The lowest BCUT2D eigenvalue weighted by molar-refractivity contribution is -0.176. The molecule has 11 heteroatoms. The van der Waals surface area contributed by atoms with Crippen LogP contribution in [0.1, 0.15) is 12.8 Å². The molecule has 0 aliphatic heterocycles. The van der Waals surface area contributed by atoms with E-state index in [4.69, 9.17) is 9.79 Å². The van der Waals surface area contributed by atoms with Gasteiger partial charge in [0.25, 0.3) is 0 Å². The molecule has 0 atom stereocenters. The van der Waals surface area contributed by atoms with Gasteiger partial charge in [0.05, 0.1) is 6.61 Å². The maximum atomic E-state index is 11.9. The fourth-order valence-electron chi connectivity index (χ4n) is 1.05. The van der Waals surface area contributed by atoms with Gasteiger partial charge in [-0.1, -0.05) is 0 Å². The minimum Gasteiger partial charge on any atom is -0.303 e. The minimum atomic E-state index is -5.09. The summed E-state index contributed by atoms with van der Waals surface area (Å²) in [6.07, 6.45) is -13.4. The van der Waals surface area contributed by atoms with Gasteiger partial charge in [-0.15, -0.1) is 0 Å². The number of halogens is 6. The summed E-state index contributed by atoms with van der Waals surface area (Å²) in [6.45, 7) is -1.32. The van der Waals surface area contributed by atoms with Crippen molar-refractivity contribution >= 4 is 7.82 Å². The highest BCUT2D eigenvalue weighted by atomic mass is 31.2. The molecule has 0 aromatic rings. The monoisotopic (exact) mass is 290 g/mol. The molecule has 2 N–H and O–H groups in total. The summed E-state index contributed by atoms with van der Waals surface area (Å²) in [6, 6.07) is 0.